The van der Waals surface area contributed by atoms with Crippen LogP contribution in [0.3, 0.4) is 0 Å². The molecular weight excluding hydrogens is 246 g/mol. The first-order valence-corrected chi connectivity index (χ1v) is 6.67. The van der Waals surface area contributed by atoms with Crippen molar-refractivity contribution in [2.24, 2.45) is 0 Å². The molecule has 2 aromatic rings. The van der Waals surface area contributed by atoms with Gasteiger partial charge in [-0.25, -0.2) is 4.68 Å². The van der Waals surface area contributed by atoms with Crippen molar-refractivity contribution in [2.75, 3.05) is 5.73 Å². The van der Waals surface area contributed by atoms with Gasteiger partial charge in [0, 0.05) is 11.3 Å². The smallest absolute Gasteiger partial charge is 0.149 e. The van der Waals surface area contributed by atoms with Crippen molar-refractivity contribution in [3.05, 3.63) is 40.0 Å². The Labute approximate surface area is 112 Å². The van der Waals surface area contributed by atoms with Gasteiger partial charge in [-0.2, -0.15) is 5.10 Å². The topological polar surface area (TPSA) is 43.8 Å². The standard InChI is InChI=1S/C14H16ClN3/c1-9-6-7-11(15)13(8-9)18-12-5-3-2-4-10(12)14(16)17-18/h6-8H,2-5H2,1H3,(H2,16,17). The maximum Gasteiger partial charge on any atom is 0.149 e. The number of aromatic nitrogens is 2. The molecule has 3 rings (SSSR count). The van der Waals surface area contributed by atoms with Crippen molar-refractivity contribution in [1.29, 1.82) is 0 Å². The van der Waals surface area contributed by atoms with Gasteiger partial charge < -0.3 is 5.73 Å². The van der Waals surface area contributed by atoms with Gasteiger partial charge in [0.25, 0.3) is 0 Å². The summed E-state index contributed by atoms with van der Waals surface area (Å²) in [5, 5.41) is 5.19. The molecule has 1 aliphatic carbocycles. The van der Waals surface area contributed by atoms with Gasteiger partial charge in [0.15, 0.2) is 0 Å². The molecule has 0 aliphatic heterocycles. The zero-order valence-corrected chi connectivity index (χ0v) is 11.2. The highest BCUT2D eigenvalue weighted by molar-refractivity contribution is 6.32. The van der Waals surface area contributed by atoms with E-state index in [1.165, 1.54) is 29.7 Å². The average Bonchev–Trinajstić information content (AvgIpc) is 2.71. The summed E-state index contributed by atoms with van der Waals surface area (Å²) in [6, 6.07) is 5.98. The molecule has 1 aliphatic rings. The first-order chi connectivity index (χ1) is 8.66. The fraction of sp³-hybridized carbons (Fsp3) is 0.357. The Bertz CT molecular complexity index is 601. The third kappa shape index (κ3) is 1.79. The molecule has 1 aromatic heterocycles. The summed E-state index contributed by atoms with van der Waals surface area (Å²) in [4.78, 5) is 0. The van der Waals surface area contributed by atoms with Crippen molar-refractivity contribution < 1.29 is 0 Å². The van der Waals surface area contributed by atoms with E-state index < -0.39 is 0 Å². The lowest BCUT2D eigenvalue weighted by molar-refractivity contribution is 0.653. The van der Waals surface area contributed by atoms with E-state index in [0.29, 0.717) is 5.82 Å². The summed E-state index contributed by atoms with van der Waals surface area (Å²) < 4.78 is 1.93. The predicted molar refractivity (Wildman–Crippen MR) is 74.4 cm³/mol. The lowest BCUT2D eigenvalue weighted by Gasteiger charge is -2.14. The van der Waals surface area contributed by atoms with Crippen molar-refractivity contribution in [1.82, 2.24) is 9.78 Å². The fourth-order valence-electron chi connectivity index (χ4n) is 2.61. The van der Waals surface area contributed by atoms with E-state index in [1.807, 2.05) is 16.8 Å². The quantitative estimate of drug-likeness (QED) is 0.856. The molecular formula is C14H16ClN3. The van der Waals surface area contributed by atoms with E-state index >= 15 is 0 Å². The number of anilines is 1. The van der Waals surface area contributed by atoms with Gasteiger partial charge in [0.2, 0.25) is 0 Å². The molecule has 0 spiro atoms. The van der Waals surface area contributed by atoms with Crippen LogP contribution >= 0.6 is 11.6 Å². The number of aryl methyl sites for hydroxylation is 1. The summed E-state index contributed by atoms with van der Waals surface area (Å²) >= 11 is 6.28. The molecule has 0 bridgehead atoms. The van der Waals surface area contributed by atoms with Crippen LogP contribution < -0.4 is 5.73 Å². The minimum atomic E-state index is 0.655. The number of hydrogen-bond acceptors (Lipinski definition) is 2. The summed E-state index contributed by atoms with van der Waals surface area (Å²) in [6.07, 6.45) is 4.46. The van der Waals surface area contributed by atoms with E-state index in [1.54, 1.807) is 0 Å². The molecule has 0 fully saturated rings. The molecule has 0 unspecified atom stereocenters. The van der Waals surface area contributed by atoms with Crippen LogP contribution in [0.1, 0.15) is 29.7 Å². The minimum Gasteiger partial charge on any atom is -0.382 e. The van der Waals surface area contributed by atoms with Crippen molar-refractivity contribution >= 4 is 17.4 Å². The Morgan fingerprint density at radius 3 is 2.89 bits per heavy atom. The van der Waals surface area contributed by atoms with E-state index in [-0.39, 0.29) is 0 Å². The SMILES string of the molecule is Cc1ccc(Cl)c(-n2nc(N)c3c2CCCC3)c1. The third-order valence-corrected chi connectivity index (χ3v) is 3.86. The number of nitrogens with zero attached hydrogens (tertiary/aromatic N) is 2. The van der Waals surface area contributed by atoms with Crippen LogP contribution in [0.2, 0.25) is 5.02 Å². The largest absolute Gasteiger partial charge is 0.382 e. The molecule has 18 heavy (non-hydrogen) atoms. The second-order valence-corrected chi connectivity index (χ2v) is 5.29. The average molecular weight is 262 g/mol. The van der Waals surface area contributed by atoms with Crippen LogP contribution in [0.5, 0.6) is 0 Å². The highest BCUT2D eigenvalue weighted by Crippen LogP contribution is 2.30. The van der Waals surface area contributed by atoms with Crippen molar-refractivity contribution in [3.8, 4) is 5.69 Å². The molecule has 0 radical (unpaired) electrons. The lowest BCUT2D eigenvalue weighted by atomic mass is 9.97. The Kier molecular flexibility index (Phi) is 2.78. The highest BCUT2D eigenvalue weighted by Gasteiger charge is 2.20. The van der Waals surface area contributed by atoms with Crippen molar-refractivity contribution in [2.45, 2.75) is 32.6 Å². The van der Waals surface area contributed by atoms with E-state index in [2.05, 4.69) is 18.1 Å². The molecule has 0 saturated carbocycles. The second kappa shape index (κ2) is 4.32. The number of rotatable bonds is 1. The monoisotopic (exact) mass is 261 g/mol. The lowest BCUT2D eigenvalue weighted by Crippen LogP contribution is -2.08. The molecule has 1 aromatic carbocycles. The Morgan fingerprint density at radius 1 is 1.28 bits per heavy atom. The Hall–Kier alpha value is -1.48. The zero-order chi connectivity index (χ0) is 12.7. The molecule has 1 heterocycles. The first kappa shape index (κ1) is 11.6. The molecule has 94 valence electrons. The summed E-state index contributed by atoms with van der Waals surface area (Å²) in [7, 11) is 0. The maximum absolute atomic E-state index is 6.28. The van der Waals surface area contributed by atoms with Crippen molar-refractivity contribution in [3.63, 3.8) is 0 Å². The van der Waals surface area contributed by atoms with Gasteiger partial charge in [-0.1, -0.05) is 17.7 Å². The zero-order valence-electron chi connectivity index (χ0n) is 10.4. The van der Waals surface area contributed by atoms with Gasteiger partial charge >= 0.3 is 0 Å². The highest BCUT2D eigenvalue weighted by atomic mass is 35.5. The van der Waals surface area contributed by atoms with Gasteiger partial charge in [-0.3, -0.25) is 0 Å². The molecule has 3 nitrogen and oxygen atoms in total. The van der Waals surface area contributed by atoms with Crippen LogP contribution in [-0.2, 0) is 12.8 Å². The van der Waals surface area contributed by atoms with Crippen LogP contribution in [-0.4, -0.2) is 9.78 Å². The molecule has 2 N–H and O–H groups in total. The van der Waals surface area contributed by atoms with E-state index in [0.717, 1.165) is 23.6 Å². The van der Waals surface area contributed by atoms with Gasteiger partial charge in [-0.15, -0.1) is 0 Å². The van der Waals surface area contributed by atoms with Crippen LogP contribution in [0, 0.1) is 6.92 Å². The van der Waals surface area contributed by atoms with Crippen LogP contribution in [0.15, 0.2) is 18.2 Å². The normalized spacial score (nSPS) is 14.6. The molecule has 4 heteroatoms. The second-order valence-electron chi connectivity index (χ2n) is 4.88. The van der Waals surface area contributed by atoms with Gasteiger partial charge in [-0.05, 0) is 50.3 Å². The van der Waals surface area contributed by atoms with Gasteiger partial charge in [0.1, 0.15) is 5.82 Å². The molecule has 0 atom stereocenters. The molecule has 0 saturated heterocycles. The Balaban J connectivity index is 2.20. The van der Waals surface area contributed by atoms with Crippen LogP contribution in [0.25, 0.3) is 5.69 Å². The van der Waals surface area contributed by atoms with E-state index in [9.17, 15) is 0 Å². The number of nitrogens with two attached hydrogens (primary N) is 1. The van der Waals surface area contributed by atoms with Crippen LogP contribution in [0.4, 0.5) is 5.82 Å². The predicted octanol–water partition coefficient (Wildman–Crippen LogP) is 3.30. The fourth-order valence-corrected chi connectivity index (χ4v) is 2.81. The summed E-state index contributed by atoms with van der Waals surface area (Å²) in [5.41, 5.74) is 10.6. The Morgan fingerprint density at radius 2 is 2.06 bits per heavy atom. The number of nitrogen functional groups attached to an aromatic ring is 1. The number of fused-ring (bicyclic) bond motifs is 1. The molecule has 0 amide bonds. The summed E-state index contributed by atoms with van der Waals surface area (Å²) in [6.45, 7) is 2.05. The van der Waals surface area contributed by atoms with Gasteiger partial charge in [0.05, 0.1) is 10.7 Å². The number of hydrogen-bond donors (Lipinski definition) is 1. The third-order valence-electron chi connectivity index (χ3n) is 3.54. The number of benzene rings is 1. The number of halogens is 1. The maximum atomic E-state index is 6.28. The van der Waals surface area contributed by atoms with E-state index in [4.69, 9.17) is 17.3 Å². The minimum absolute atomic E-state index is 0.655. The summed E-state index contributed by atoms with van der Waals surface area (Å²) in [5.74, 6) is 0.655. The first-order valence-electron chi connectivity index (χ1n) is 6.29.